The first-order valence-corrected chi connectivity index (χ1v) is 4.24. The van der Waals surface area contributed by atoms with E-state index in [9.17, 15) is 4.39 Å². The summed E-state index contributed by atoms with van der Waals surface area (Å²) in [4.78, 5) is 3.82. The molecule has 1 aromatic heterocycles. The zero-order valence-corrected chi connectivity index (χ0v) is 7.59. The molecule has 0 unspecified atom stereocenters. The Kier molecular flexibility index (Phi) is 2.53. The first-order chi connectivity index (χ1) is 7.16. The van der Waals surface area contributed by atoms with E-state index >= 15 is 0 Å². The minimum atomic E-state index is -1.66. The lowest BCUT2D eigenvalue weighted by molar-refractivity contribution is 0.424. The van der Waals surface area contributed by atoms with Crippen LogP contribution in [0.5, 0.6) is 0 Å². The highest BCUT2D eigenvalue weighted by Gasteiger charge is 2.17. The Balaban J connectivity index is 2.33. The van der Waals surface area contributed by atoms with Gasteiger partial charge < -0.3 is 14.5 Å². The Morgan fingerprint density at radius 3 is 2.40 bits per heavy atom. The molecule has 15 heavy (non-hydrogen) atoms. The fourth-order valence-electron chi connectivity index (χ4n) is 1.13. The largest absolute Gasteiger partial charge is 0.511 e. The van der Waals surface area contributed by atoms with Crippen molar-refractivity contribution in [2.45, 2.75) is 0 Å². The van der Waals surface area contributed by atoms with Gasteiger partial charge in [0.2, 0.25) is 5.89 Å². The number of rotatable bonds is 2. The molecule has 4 nitrogen and oxygen atoms in total. The van der Waals surface area contributed by atoms with Crippen molar-refractivity contribution in [3.05, 3.63) is 36.3 Å². The van der Waals surface area contributed by atoms with Crippen molar-refractivity contribution in [2.75, 3.05) is 0 Å². The van der Waals surface area contributed by atoms with Gasteiger partial charge in [0.15, 0.2) is 0 Å². The minimum Gasteiger partial charge on any atom is -0.445 e. The first kappa shape index (κ1) is 9.88. The average molecular weight is 207 g/mol. The van der Waals surface area contributed by atoms with E-state index in [1.807, 2.05) is 0 Å². The molecule has 0 aliphatic heterocycles. The van der Waals surface area contributed by atoms with E-state index in [4.69, 9.17) is 14.5 Å². The van der Waals surface area contributed by atoms with Crippen molar-refractivity contribution in [2.24, 2.45) is 0 Å². The van der Waals surface area contributed by atoms with Gasteiger partial charge in [0.05, 0.1) is 0 Å². The molecular formula is C9H7BFNO3. The Morgan fingerprint density at radius 1 is 1.20 bits per heavy atom. The van der Waals surface area contributed by atoms with E-state index in [0.717, 1.165) is 6.26 Å². The van der Waals surface area contributed by atoms with Crippen LogP contribution in [-0.2, 0) is 0 Å². The van der Waals surface area contributed by atoms with Crippen molar-refractivity contribution < 1.29 is 18.9 Å². The Hall–Kier alpha value is -1.66. The number of aromatic nitrogens is 1. The number of hydrogen-bond acceptors (Lipinski definition) is 4. The van der Waals surface area contributed by atoms with Crippen molar-refractivity contribution in [1.82, 2.24) is 4.98 Å². The van der Waals surface area contributed by atoms with Crippen LogP contribution in [0.15, 0.2) is 34.9 Å². The minimum absolute atomic E-state index is 0.0225. The van der Waals surface area contributed by atoms with E-state index in [1.54, 1.807) is 0 Å². The number of halogens is 1. The van der Waals surface area contributed by atoms with Gasteiger partial charge >= 0.3 is 7.12 Å². The Bertz CT molecular complexity index is 455. The van der Waals surface area contributed by atoms with Gasteiger partial charge in [-0.05, 0) is 24.3 Å². The summed E-state index contributed by atoms with van der Waals surface area (Å²) in [7, 11) is -1.66. The van der Waals surface area contributed by atoms with E-state index in [0.29, 0.717) is 5.56 Å². The molecule has 0 saturated carbocycles. The van der Waals surface area contributed by atoms with Crippen LogP contribution >= 0.6 is 0 Å². The average Bonchev–Trinajstić information content (AvgIpc) is 2.68. The molecule has 1 heterocycles. The standard InChI is InChI=1S/C9H7BFNO3/c11-7-3-1-6(2-4-7)9-12-8(5-15-9)10(13)14/h1-5,13-14H. The number of benzene rings is 1. The summed E-state index contributed by atoms with van der Waals surface area (Å²) in [5, 5.41) is 17.6. The number of hydrogen-bond donors (Lipinski definition) is 2. The Labute approximate surface area is 85.1 Å². The van der Waals surface area contributed by atoms with Gasteiger partial charge in [0.1, 0.15) is 17.7 Å². The zero-order valence-electron chi connectivity index (χ0n) is 7.59. The molecule has 0 atom stereocenters. The van der Waals surface area contributed by atoms with Crippen molar-refractivity contribution in [1.29, 1.82) is 0 Å². The molecule has 1 aromatic carbocycles. The fourth-order valence-corrected chi connectivity index (χ4v) is 1.13. The number of nitrogens with zero attached hydrogens (tertiary/aromatic N) is 1. The molecule has 6 heteroatoms. The highest BCUT2D eigenvalue weighted by molar-refractivity contribution is 6.57. The van der Waals surface area contributed by atoms with E-state index < -0.39 is 7.12 Å². The second-order valence-corrected chi connectivity index (χ2v) is 2.96. The van der Waals surface area contributed by atoms with Gasteiger partial charge in [-0.3, -0.25) is 0 Å². The predicted octanol–water partition coefficient (Wildman–Crippen LogP) is 0.160. The van der Waals surface area contributed by atoms with Crippen molar-refractivity contribution in [3.63, 3.8) is 0 Å². The SMILES string of the molecule is OB(O)c1coc(-c2ccc(F)cc2)n1. The summed E-state index contributed by atoms with van der Waals surface area (Å²) >= 11 is 0. The zero-order chi connectivity index (χ0) is 10.8. The summed E-state index contributed by atoms with van der Waals surface area (Å²) in [6.45, 7) is 0. The molecule has 0 aliphatic carbocycles. The second kappa shape index (κ2) is 3.84. The molecule has 0 radical (unpaired) electrons. The molecular weight excluding hydrogens is 200 g/mol. The van der Waals surface area contributed by atoms with E-state index in [2.05, 4.69) is 4.98 Å². The van der Waals surface area contributed by atoms with Crippen LogP contribution < -0.4 is 5.59 Å². The summed E-state index contributed by atoms with van der Waals surface area (Å²) in [5.41, 5.74) is 0.595. The lowest BCUT2D eigenvalue weighted by atomic mass is 9.87. The quantitative estimate of drug-likeness (QED) is 0.688. The molecule has 2 N–H and O–H groups in total. The maximum atomic E-state index is 12.6. The van der Waals surface area contributed by atoms with Gasteiger partial charge in [-0.15, -0.1) is 0 Å². The highest BCUT2D eigenvalue weighted by atomic mass is 19.1. The summed E-state index contributed by atoms with van der Waals surface area (Å²) in [6, 6.07) is 5.53. The maximum absolute atomic E-state index is 12.6. The van der Waals surface area contributed by atoms with Crippen molar-refractivity contribution >= 4 is 12.7 Å². The topological polar surface area (TPSA) is 66.5 Å². The summed E-state index contributed by atoms with van der Waals surface area (Å²) in [6.07, 6.45) is 1.14. The van der Waals surface area contributed by atoms with Gasteiger partial charge in [0, 0.05) is 5.56 Å². The third-order valence-corrected chi connectivity index (χ3v) is 1.88. The molecule has 0 fully saturated rings. The van der Waals surface area contributed by atoms with Gasteiger partial charge in [-0.2, -0.15) is 0 Å². The monoisotopic (exact) mass is 207 g/mol. The van der Waals surface area contributed by atoms with Crippen LogP contribution in [0.1, 0.15) is 0 Å². The van der Waals surface area contributed by atoms with Crippen LogP contribution in [0.25, 0.3) is 11.5 Å². The Morgan fingerprint density at radius 2 is 1.87 bits per heavy atom. The normalized spacial score (nSPS) is 10.3. The summed E-state index contributed by atoms with van der Waals surface area (Å²) < 4.78 is 17.6. The van der Waals surface area contributed by atoms with Crippen molar-refractivity contribution in [3.8, 4) is 11.5 Å². The van der Waals surface area contributed by atoms with Gasteiger partial charge in [0.25, 0.3) is 0 Å². The molecule has 2 rings (SSSR count). The smallest absolute Gasteiger partial charge is 0.445 e. The van der Waals surface area contributed by atoms with Crippen LogP contribution in [0.2, 0.25) is 0 Å². The first-order valence-electron chi connectivity index (χ1n) is 4.24. The molecule has 0 aliphatic rings. The molecule has 0 bridgehead atoms. The van der Waals surface area contributed by atoms with Gasteiger partial charge in [-0.1, -0.05) is 0 Å². The van der Waals surface area contributed by atoms with Gasteiger partial charge in [-0.25, -0.2) is 9.37 Å². The maximum Gasteiger partial charge on any atom is 0.511 e. The molecule has 0 spiro atoms. The summed E-state index contributed by atoms with van der Waals surface area (Å²) in [5.74, 6) is -0.133. The molecule has 2 aromatic rings. The van der Waals surface area contributed by atoms with Crippen LogP contribution in [0, 0.1) is 5.82 Å². The molecule has 76 valence electrons. The van der Waals surface area contributed by atoms with Crippen LogP contribution in [-0.4, -0.2) is 22.2 Å². The van der Waals surface area contributed by atoms with Crippen LogP contribution in [0.3, 0.4) is 0 Å². The fraction of sp³-hybridized carbons (Fsp3) is 0. The molecule has 0 saturated heterocycles. The highest BCUT2D eigenvalue weighted by Crippen LogP contribution is 2.16. The second-order valence-electron chi connectivity index (χ2n) is 2.96. The van der Waals surface area contributed by atoms with E-state index in [1.165, 1.54) is 24.3 Å². The lowest BCUT2D eigenvalue weighted by Gasteiger charge is -1.93. The third kappa shape index (κ3) is 2.06. The number of oxazole rings is 1. The van der Waals surface area contributed by atoms with E-state index in [-0.39, 0.29) is 17.3 Å². The lowest BCUT2D eigenvalue weighted by Crippen LogP contribution is -2.30. The predicted molar refractivity (Wildman–Crippen MR) is 51.7 cm³/mol. The molecule has 0 amide bonds. The van der Waals surface area contributed by atoms with Crippen LogP contribution in [0.4, 0.5) is 4.39 Å². The third-order valence-electron chi connectivity index (χ3n) is 1.88.